The molecule has 17 heavy (non-hydrogen) atoms. The third kappa shape index (κ3) is 1.90. The predicted octanol–water partition coefficient (Wildman–Crippen LogP) is 1.68. The molecule has 5 nitrogen and oxygen atoms in total. The highest BCUT2D eigenvalue weighted by atomic mass is 19.4. The van der Waals surface area contributed by atoms with Crippen molar-refractivity contribution in [3.8, 4) is 0 Å². The summed E-state index contributed by atoms with van der Waals surface area (Å²) in [6.45, 7) is 1.77. The Morgan fingerprint density at radius 1 is 1.41 bits per heavy atom. The summed E-state index contributed by atoms with van der Waals surface area (Å²) in [5.74, 6) is -0.198. The zero-order chi connectivity index (χ0) is 12.6. The molecule has 2 rings (SSSR count). The lowest BCUT2D eigenvalue weighted by molar-refractivity contribution is -0.141. The van der Waals surface area contributed by atoms with Gasteiger partial charge in [0.05, 0.1) is 0 Å². The Morgan fingerprint density at radius 2 is 2.12 bits per heavy atom. The summed E-state index contributed by atoms with van der Waals surface area (Å²) in [5.41, 5.74) is 4.66. The van der Waals surface area contributed by atoms with Crippen molar-refractivity contribution in [3.05, 3.63) is 17.6 Å². The molecule has 0 saturated carbocycles. The smallest absolute Gasteiger partial charge is 0.383 e. The summed E-state index contributed by atoms with van der Waals surface area (Å²) in [7, 11) is 0. The Balaban J connectivity index is 2.75. The molecule has 0 saturated heterocycles. The molecule has 0 atom stereocenters. The van der Waals surface area contributed by atoms with Crippen molar-refractivity contribution in [1.29, 1.82) is 0 Å². The third-order valence-electron chi connectivity index (χ3n) is 2.33. The zero-order valence-corrected chi connectivity index (χ0v) is 8.99. The van der Waals surface area contributed by atoms with E-state index < -0.39 is 11.9 Å². The number of alkyl halides is 3. The molecular formula is C9H10F3N5. The van der Waals surface area contributed by atoms with Crippen molar-refractivity contribution >= 4 is 11.6 Å². The molecule has 0 aliphatic heterocycles. The lowest BCUT2D eigenvalue weighted by Crippen LogP contribution is -2.17. The van der Waals surface area contributed by atoms with Gasteiger partial charge < -0.3 is 5.73 Å². The van der Waals surface area contributed by atoms with E-state index in [1.54, 1.807) is 6.92 Å². The SMILES string of the molecule is CCCc1c(C(F)(F)F)nc2ncnn2c1N. The second-order valence-electron chi connectivity index (χ2n) is 3.54. The fourth-order valence-corrected chi connectivity index (χ4v) is 1.63. The molecule has 0 unspecified atom stereocenters. The maximum absolute atomic E-state index is 12.8. The Labute approximate surface area is 94.5 Å². The first-order valence-electron chi connectivity index (χ1n) is 5.00. The number of aromatic nitrogens is 4. The van der Waals surface area contributed by atoms with Gasteiger partial charge in [-0.15, -0.1) is 0 Å². The molecule has 0 bridgehead atoms. The fourth-order valence-electron chi connectivity index (χ4n) is 1.63. The van der Waals surface area contributed by atoms with Crippen LogP contribution in [0, 0.1) is 0 Å². The monoisotopic (exact) mass is 245 g/mol. The van der Waals surface area contributed by atoms with Crippen LogP contribution in [0.1, 0.15) is 24.6 Å². The van der Waals surface area contributed by atoms with E-state index in [0.717, 1.165) is 10.8 Å². The first-order valence-corrected chi connectivity index (χ1v) is 5.00. The molecule has 92 valence electrons. The van der Waals surface area contributed by atoms with Crippen LogP contribution in [0.15, 0.2) is 6.33 Å². The maximum atomic E-state index is 12.8. The van der Waals surface area contributed by atoms with Gasteiger partial charge in [0.25, 0.3) is 5.78 Å². The Morgan fingerprint density at radius 3 is 2.71 bits per heavy atom. The average molecular weight is 245 g/mol. The molecule has 0 amide bonds. The van der Waals surface area contributed by atoms with Gasteiger partial charge in [0.2, 0.25) is 0 Å². The van der Waals surface area contributed by atoms with Crippen LogP contribution in [-0.2, 0) is 12.6 Å². The number of hydrogen-bond donors (Lipinski definition) is 1. The summed E-state index contributed by atoms with van der Waals surface area (Å²) in [6.07, 6.45) is -2.68. The second-order valence-corrected chi connectivity index (χ2v) is 3.54. The number of fused-ring (bicyclic) bond motifs is 1. The minimum Gasteiger partial charge on any atom is -0.383 e. The van der Waals surface area contributed by atoms with Crippen LogP contribution in [0.3, 0.4) is 0 Å². The maximum Gasteiger partial charge on any atom is 0.433 e. The molecule has 8 heteroatoms. The van der Waals surface area contributed by atoms with E-state index in [4.69, 9.17) is 5.73 Å². The van der Waals surface area contributed by atoms with E-state index in [1.165, 1.54) is 0 Å². The first kappa shape index (κ1) is 11.6. The van der Waals surface area contributed by atoms with Gasteiger partial charge >= 0.3 is 6.18 Å². The van der Waals surface area contributed by atoms with Gasteiger partial charge in [-0.3, -0.25) is 0 Å². The van der Waals surface area contributed by atoms with Crippen LogP contribution in [-0.4, -0.2) is 19.6 Å². The van der Waals surface area contributed by atoms with Gasteiger partial charge in [-0.05, 0) is 6.42 Å². The summed E-state index contributed by atoms with van der Waals surface area (Å²) in [6, 6.07) is 0. The normalized spacial score (nSPS) is 12.2. The highest BCUT2D eigenvalue weighted by Crippen LogP contribution is 2.33. The van der Waals surface area contributed by atoms with E-state index in [1.807, 2.05) is 0 Å². The van der Waals surface area contributed by atoms with Gasteiger partial charge in [-0.25, -0.2) is 4.98 Å². The molecule has 2 N–H and O–H groups in total. The minimum absolute atomic E-state index is 0.0296. The molecule has 0 radical (unpaired) electrons. The largest absolute Gasteiger partial charge is 0.433 e. The number of nitrogens with two attached hydrogens (primary N) is 1. The van der Waals surface area contributed by atoms with Gasteiger partial charge in [-0.1, -0.05) is 13.3 Å². The summed E-state index contributed by atoms with van der Waals surface area (Å²) in [5, 5.41) is 3.74. The van der Waals surface area contributed by atoms with Crippen LogP contribution in [0.2, 0.25) is 0 Å². The van der Waals surface area contributed by atoms with Crippen LogP contribution in [0.5, 0.6) is 0 Å². The van der Waals surface area contributed by atoms with Crippen LogP contribution in [0.25, 0.3) is 5.78 Å². The number of nitrogens with zero attached hydrogens (tertiary/aromatic N) is 4. The van der Waals surface area contributed by atoms with E-state index >= 15 is 0 Å². The van der Waals surface area contributed by atoms with Crippen molar-refractivity contribution in [2.24, 2.45) is 0 Å². The molecule has 0 aliphatic rings. The first-order chi connectivity index (χ1) is 7.95. The van der Waals surface area contributed by atoms with Gasteiger partial charge in [0, 0.05) is 5.56 Å². The quantitative estimate of drug-likeness (QED) is 0.873. The van der Waals surface area contributed by atoms with Crippen molar-refractivity contribution in [3.63, 3.8) is 0 Å². The van der Waals surface area contributed by atoms with Gasteiger partial charge in [0.15, 0.2) is 5.69 Å². The average Bonchev–Trinajstić information content (AvgIpc) is 2.68. The van der Waals surface area contributed by atoms with Crippen molar-refractivity contribution in [2.75, 3.05) is 5.73 Å². The predicted molar refractivity (Wildman–Crippen MR) is 54.2 cm³/mol. The number of halogens is 3. The number of nitrogen functional groups attached to an aromatic ring is 1. The van der Waals surface area contributed by atoms with Gasteiger partial charge in [0.1, 0.15) is 12.1 Å². The highest BCUT2D eigenvalue weighted by molar-refractivity contribution is 5.50. The van der Waals surface area contributed by atoms with Crippen molar-refractivity contribution in [2.45, 2.75) is 25.9 Å². The lowest BCUT2D eigenvalue weighted by Gasteiger charge is -2.13. The standard InChI is InChI=1S/C9H10F3N5/c1-2-3-5-6(9(10,11)12)16-8-14-4-15-17(8)7(5)13/h4H,2-3,13H2,1H3. The van der Waals surface area contributed by atoms with E-state index in [2.05, 4.69) is 15.1 Å². The molecule has 0 fully saturated rings. The summed E-state index contributed by atoms with van der Waals surface area (Å²) < 4.78 is 39.5. The summed E-state index contributed by atoms with van der Waals surface area (Å²) in [4.78, 5) is 7.09. The molecule has 0 aliphatic carbocycles. The fraction of sp³-hybridized carbons (Fsp3) is 0.444. The van der Waals surface area contributed by atoms with Crippen LogP contribution in [0.4, 0.5) is 19.0 Å². The van der Waals surface area contributed by atoms with Crippen molar-refractivity contribution < 1.29 is 13.2 Å². The number of anilines is 1. The van der Waals surface area contributed by atoms with Gasteiger partial charge in [-0.2, -0.15) is 27.8 Å². The lowest BCUT2D eigenvalue weighted by atomic mass is 10.1. The molecule has 0 spiro atoms. The van der Waals surface area contributed by atoms with Crippen molar-refractivity contribution in [1.82, 2.24) is 19.6 Å². The number of rotatable bonds is 2. The van der Waals surface area contributed by atoms with E-state index in [9.17, 15) is 13.2 Å². The van der Waals surface area contributed by atoms with E-state index in [-0.39, 0.29) is 23.6 Å². The zero-order valence-electron chi connectivity index (χ0n) is 8.99. The molecule has 2 heterocycles. The molecular weight excluding hydrogens is 235 g/mol. The van der Waals surface area contributed by atoms with E-state index in [0.29, 0.717) is 6.42 Å². The minimum atomic E-state index is -4.54. The third-order valence-corrected chi connectivity index (χ3v) is 2.33. The molecule has 2 aromatic heterocycles. The molecule has 0 aromatic carbocycles. The summed E-state index contributed by atoms with van der Waals surface area (Å²) >= 11 is 0. The Bertz CT molecular complexity index is 545. The van der Waals surface area contributed by atoms with Crippen LogP contribution >= 0.6 is 0 Å². The Kier molecular flexibility index (Phi) is 2.64. The Hall–Kier alpha value is -1.86. The highest BCUT2D eigenvalue weighted by Gasteiger charge is 2.37. The van der Waals surface area contributed by atoms with Crippen LogP contribution < -0.4 is 5.73 Å². The number of hydrogen-bond acceptors (Lipinski definition) is 4. The topological polar surface area (TPSA) is 69.1 Å². The molecule has 2 aromatic rings. The second kappa shape index (κ2) is 3.86.